The average molecular weight is 289 g/mol. The molecule has 1 N–H and O–H groups in total. The summed E-state index contributed by atoms with van der Waals surface area (Å²) in [5.41, 5.74) is 1.26. The van der Waals surface area contributed by atoms with Crippen LogP contribution in [0.15, 0.2) is 30.5 Å². The summed E-state index contributed by atoms with van der Waals surface area (Å²) in [7, 11) is 0. The molecular weight excluding hydrogens is 273 g/mol. The van der Waals surface area contributed by atoms with Gasteiger partial charge >= 0.3 is 5.97 Å². The molecule has 0 saturated heterocycles. The smallest absolute Gasteiger partial charge is 0.343 e. The van der Waals surface area contributed by atoms with Gasteiger partial charge in [0.15, 0.2) is 0 Å². The maximum atomic E-state index is 13.4. The van der Waals surface area contributed by atoms with Crippen LogP contribution >= 0.6 is 0 Å². The lowest BCUT2D eigenvalue weighted by Crippen LogP contribution is -2.25. The molecule has 0 fully saturated rings. The number of nitrogens with zero attached hydrogens (tertiary/aromatic N) is 2. The Kier molecular flexibility index (Phi) is 3.60. The molecule has 0 radical (unpaired) electrons. The highest BCUT2D eigenvalue weighted by Gasteiger charge is 2.27. The molecule has 1 atom stereocenters. The third-order valence-corrected chi connectivity index (χ3v) is 3.53. The summed E-state index contributed by atoms with van der Waals surface area (Å²) in [4.78, 5) is 11.9. The zero-order chi connectivity index (χ0) is 14.8. The molecule has 1 aliphatic rings. The number of nitrogens with one attached hydrogen (secondary N) is 1. The van der Waals surface area contributed by atoms with Crippen molar-refractivity contribution in [1.29, 1.82) is 0 Å². The molecule has 1 unspecified atom stereocenters. The Labute approximate surface area is 121 Å². The lowest BCUT2D eigenvalue weighted by Gasteiger charge is -2.26. The zero-order valence-corrected chi connectivity index (χ0v) is 11.7. The van der Waals surface area contributed by atoms with Crippen molar-refractivity contribution in [3.63, 3.8) is 0 Å². The van der Waals surface area contributed by atoms with Gasteiger partial charge in [-0.05, 0) is 31.0 Å². The molecule has 0 spiro atoms. The Morgan fingerprint density at radius 2 is 2.43 bits per heavy atom. The van der Waals surface area contributed by atoms with Crippen LogP contribution in [-0.2, 0) is 4.74 Å². The van der Waals surface area contributed by atoms with Gasteiger partial charge in [0.2, 0.25) is 0 Å². The van der Waals surface area contributed by atoms with Crippen LogP contribution in [-0.4, -0.2) is 28.9 Å². The van der Waals surface area contributed by atoms with Gasteiger partial charge in [-0.2, -0.15) is 5.10 Å². The minimum Gasteiger partial charge on any atom is -0.462 e. The molecule has 1 aromatic carbocycles. The topological polar surface area (TPSA) is 56.1 Å². The second-order valence-corrected chi connectivity index (χ2v) is 4.86. The van der Waals surface area contributed by atoms with Gasteiger partial charge in [-0.3, -0.25) is 0 Å². The molecule has 0 bridgehead atoms. The second kappa shape index (κ2) is 5.55. The van der Waals surface area contributed by atoms with Gasteiger partial charge in [-0.15, -0.1) is 0 Å². The third kappa shape index (κ3) is 2.49. The number of hydrogen-bond donors (Lipinski definition) is 1. The molecule has 110 valence electrons. The molecule has 1 aliphatic heterocycles. The van der Waals surface area contributed by atoms with Crippen molar-refractivity contribution >= 4 is 11.8 Å². The predicted molar refractivity (Wildman–Crippen MR) is 75.8 cm³/mol. The quantitative estimate of drug-likeness (QED) is 0.882. The Morgan fingerprint density at radius 1 is 1.57 bits per heavy atom. The number of halogens is 1. The average Bonchev–Trinajstić information content (AvgIpc) is 2.91. The molecule has 2 heterocycles. The van der Waals surface area contributed by atoms with Crippen LogP contribution in [0.25, 0.3) is 0 Å². The number of esters is 1. The molecule has 0 aliphatic carbocycles. The minimum absolute atomic E-state index is 0.0832. The molecule has 0 amide bonds. The number of hydrogen-bond acceptors (Lipinski definition) is 4. The number of rotatable bonds is 3. The van der Waals surface area contributed by atoms with E-state index >= 15 is 0 Å². The molecule has 6 heteroatoms. The van der Waals surface area contributed by atoms with Crippen LogP contribution in [0, 0.1) is 5.82 Å². The highest BCUT2D eigenvalue weighted by molar-refractivity contribution is 5.94. The summed E-state index contributed by atoms with van der Waals surface area (Å²) in [5, 5.41) is 7.45. The van der Waals surface area contributed by atoms with Crippen molar-refractivity contribution in [3.05, 3.63) is 47.4 Å². The van der Waals surface area contributed by atoms with E-state index < -0.39 is 5.97 Å². The summed E-state index contributed by atoms with van der Waals surface area (Å²) in [6, 6.07) is 6.39. The molecule has 3 rings (SSSR count). The normalized spacial score (nSPS) is 17.0. The first-order chi connectivity index (χ1) is 10.2. The summed E-state index contributed by atoms with van der Waals surface area (Å²) < 4.78 is 20.2. The van der Waals surface area contributed by atoms with Crippen LogP contribution in [0.4, 0.5) is 10.2 Å². The number of carbonyl (C=O) groups excluding carboxylic acids is 1. The van der Waals surface area contributed by atoms with E-state index in [1.807, 2.05) is 6.07 Å². The van der Waals surface area contributed by atoms with E-state index in [0.29, 0.717) is 24.5 Å². The highest BCUT2D eigenvalue weighted by Crippen LogP contribution is 2.31. The highest BCUT2D eigenvalue weighted by atomic mass is 19.1. The molecular formula is C15H16FN3O2. The van der Waals surface area contributed by atoms with Gasteiger partial charge < -0.3 is 10.1 Å². The zero-order valence-electron chi connectivity index (χ0n) is 11.7. The van der Waals surface area contributed by atoms with Gasteiger partial charge in [0.1, 0.15) is 17.2 Å². The number of carbonyl (C=O) groups is 1. The summed E-state index contributed by atoms with van der Waals surface area (Å²) >= 11 is 0. The Morgan fingerprint density at radius 3 is 3.19 bits per heavy atom. The van der Waals surface area contributed by atoms with E-state index in [-0.39, 0.29) is 11.9 Å². The fourth-order valence-electron chi connectivity index (χ4n) is 2.60. The van der Waals surface area contributed by atoms with Crippen molar-refractivity contribution in [2.75, 3.05) is 18.5 Å². The van der Waals surface area contributed by atoms with Crippen molar-refractivity contribution in [2.45, 2.75) is 19.4 Å². The van der Waals surface area contributed by atoms with E-state index in [2.05, 4.69) is 10.4 Å². The van der Waals surface area contributed by atoms with Crippen molar-refractivity contribution in [3.8, 4) is 0 Å². The maximum Gasteiger partial charge on any atom is 0.343 e. The molecule has 0 saturated carbocycles. The maximum absolute atomic E-state index is 13.4. The number of fused-ring (bicyclic) bond motifs is 1. The minimum atomic E-state index is -0.397. The Bertz CT molecular complexity index is 669. The number of benzene rings is 1. The van der Waals surface area contributed by atoms with Crippen LogP contribution in [0.3, 0.4) is 0 Å². The SMILES string of the molecule is CCOC(=O)c1cnn2c1NCCC2c1cccc(F)c1. The first-order valence-corrected chi connectivity index (χ1v) is 6.94. The first kappa shape index (κ1) is 13.6. The first-order valence-electron chi connectivity index (χ1n) is 6.94. The van der Waals surface area contributed by atoms with Crippen molar-refractivity contribution < 1.29 is 13.9 Å². The van der Waals surface area contributed by atoms with Crippen molar-refractivity contribution in [1.82, 2.24) is 9.78 Å². The van der Waals surface area contributed by atoms with E-state index in [1.54, 1.807) is 17.7 Å². The Balaban J connectivity index is 1.98. The van der Waals surface area contributed by atoms with Gasteiger partial charge in [0, 0.05) is 6.54 Å². The van der Waals surface area contributed by atoms with Crippen LogP contribution in [0.1, 0.15) is 35.3 Å². The van der Waals surface area contributed by atoms with E-state index in [4.69, 9.17) is 4.74 Å². The van der Waals surface area contributed by atoms with Gasteiger partial charge in [-0.1, -0.05) is 12.1 Å². The van der Waals surface area contributed by atoms with E-state index in [1.165, 1.54) is 18.3 Å². The Hall–Kier alpha value is -2.37. The van der Waals surface area contributed by atoms with Gasteiger partial charge in [0.25, 0.3) is 0 Å². The number of anilines is 1. The lowest BCUT2D eigenvalue weighted by molar-refractivity contribution is 0.0527. The summed E-state index contributed by atoms with van der Waals surface area (Å²) in [6.45, 7) is 2.77. The van der Waals surface area contributed by atoms with Gasteiger partial charge in [-0.25, -0.2) is 13.9 Å². The molecule has 1 aromatic heterocycles. The summed E-state index contributed by atoms with van der Waals surface area (Å²) in [6.07, 6.45) is 2.28. The standard InChI is InChI=1S/C15H16FN3O2/c1-2-21-15(20)12-9-18-19-13(6-7-17-14(12)19)10-4-3-5-11(16)8-10/h3-5,8-9,13,17H,2,6-7H2,1H3. The monoisotopic (exact) mass is 289 g/mol. The summed E-state index contributed by atoms with van der Waals surface area (Å²) in [5.74, 6) is -0.0366. The molecule has 5 nitrogen and oxygen atoms in total. The van der Waals surface area contributed by atoms with E-state index in [0.717, 1.165) is 12.0 Å². The number of ether oxygens (including phenoxy) is 1. The fraction of sp³-hybridized carbons (Fsp3) is 0.333. The van der Waals surface area contributed by atoms with Crippen molar-refractivity contribution in [2.24, 2.45) is 0 Å². The second-order valence-electron chi connectivity index (χ2n) is 4.86. The van der Waals surface area contributed by atoms with Crippen LogP contribution in [0.2, 0.25) is 0 Å². The predicted octanol–water partition coefficient (Wildman–Crippen LogP) is 2.60. The van der Waals surface area contributed by atoms with Crippen LogP contribution in [0.5, 0.6) is 0 Å². The number of aromatic nitrogens is 2. The van der Waals surface area contributed by atoms with Crippen LogP contribution < -0.4 is 5.32 Å². The fourth-order valence-corrected chi connectivity index (χ4v) is 2.60. The molecule has 21 heavy (non-hydrogen) atoms. The largest absolute Gasteiger partial charge is 0.462 e. The van der Waals surface area contributed by atoms with Gasteiger partial charge in [0.05, 0.1) is 18.8 Å². The molecule has 2 aromatic rings. The third-order valence-electron chi connectivity index (χ3n) is 3.53. The lowest BCUT2D eigenvalue weighted by atomic mass is 10.0. The van der Waals surface area contributed by atoms with E-state index in [9.17, 15) is 9.18 Å².